The zero-order chi connectivity index (χ0) is 42.0. The van der Waals surface area contributed by atoms with Gasteiger partial charge in [-0.3, -0.25) is 13.8 Å². The van der Waals surface area contributed by atoms with Crippen LogP contribution in [0.4, 0.5) is 0 Å². The maximum absolute atomic E-state index is 12.5. The van der Waals surface area contributed by atoms with Crippen molar-refractivity contribution < 1.29 is 37.3 Å². The summed E-state index contributed by atoms with van der Waals surface area (Å²) in [7, 11) is 1.69. The van der Waals surface area contributed by atoms with E-state index in [1.807, 2.05) is 27.2 Å². The van der Waals surface area contributed by atoms with Crippen molar-refractivity contribution in [3.63, 3.8) is 0 Å². The van der Waals surface area contributed by atoms with Crippen molar-refractivity contribution in [2.75, 3.05) is 47.5 Å². The number of hydrogen-bond acceptors (Lipinski definition) is 6. The smallest absolute Gasteiger partial charge is 0.472 e. The van der Waals surface area contributed by atoms with E-state index in [1.54, 1.807) is 6.26 Å². The van der Waals surface area contributed by atoms with Crippen LogP contribution in [0.5, 0.6) is 0 Å². The Hall–Kier alpha value is -0.920. The number of carbonyl (C=O) groups is 1. The summed E-state index contributed by atoms with van der Waals surface area (Å²) < 4.78 is 34.9. The van der Waals surface area contributed by atoms with Crippen molar-refractivity contribution in [2.45, 2.75) is 245 Å². The van der Waals surface area contributed by atoms with Crippen LogP contribution in [0, 0.1) is 0 Å². The molecule has 2 unspecified atom stereocenters. The number of phosphoric acid groups is 1. The first-order chi connectivity index (χ1) is 27.6. The van der Waals surface area contributed by atoms with E-state index in [2.05, 4.69) is 13.8 Å². The molecule has 0 radical (unpaired) electrons. The molecule has 1 N–H and O–H groups in total. The lowest BCUT2D eigenvalue weighted by Gasteiger charge is -2.24. The topological polar surface area (TPSA) is 91.3 Å². The molecule has 8 nitrogen and oxygen atoms in total. The summed E-state index contributed by atoms with van der Waals surface area (Å²) in [5, 5.41) is 0. The minimum absolute atomic E-state index is 0.0416. The molecule has 0 spiro atoms. The first kappa shape index (κ1) is 56.1. The van der Waals surface area contributed by atoms with Crippen LogP contribution in [0.2, 0.25) is 0 Å². The van der Waals surface area contributed by atoms with Crippen LogP contribution >= 0.6 is 7.82 Å². The number of esters is 1. The zero-order valence-electron chi connectivity index (χ0n) is 38.6. The Morgan fingerprint density at radius 2 is 0.912 bits per heavy atom. The number of unbranched alkanes of at least 4 members (excludes halogenated alkanes) is 32. The summed E-state index contributed by atoms with van der Waals surface area (Å²) in [5.74, 6) is -0.270. The van der Waals surface area contributed by atoms with Gasteiger partial charge in [-0.15, -0.1) is 0 Å². The molecule has 0 aromatic heterocycles. The fourth-order valence-corrected chi connectivity index (χ4v) is 7.81. The second kappa shape index (κ2) is 41.8. The molecule has 2 atom stereocenters. The van der Waals surface area contributed by atoms with Crippen molar-refractivity contribution in [1.82, 2.24) is 0 Å². The molecule has 9 heteroatoms. The number of hydrogen-bond donors (Lipinski definition) is 1. The monoisotopic (exact) mass is 831 g/mol. The lowest BCUT2D eigenvalue weighted by atomic mass is 10.0. The van der Waals surface area contributed by atoms with E-state index >= 15 is 0 Å². The van der Waals surface area contributed by atoms with Crippen LogP contribution in [0.3, 0.4) is 0 Å². The summed E-state index contributed by atoms with van der Waals surface area (Å²) in [6.45, 7) is 4.96. The number of allylic oxidation sites excluding steroid dienone is 1. The summed E-state index contributed by atoms with van der Waals surface area (Å²) in [5.41, 5.74) is 0. The molecule has 0 aliphatic carbocycles. The van der Waals surface area contributed by atoms with E-state index in [4.69, 9.17) is 18.5 Å². The largest absolute Gasteiger partial charge is 0.492 e. The van der Waals surface area contributed by atoms with Gasteiger partial charge in [-0.1, -0.05) is 213 Å². The molecule has 0 bridgehead atoms. The second-order valence-corrected chi connectivity index (χ2v) is 19.4. The van der Waals surface area contributed by atoms with E-state index in [9.17, 15) is 14.3 Å². The van der Waals surface area contributed by atoms with E-state index in [-0.39, 0.29) is 25.8 Å². The fraction of sp³-hybridized carbons (Fsp3) is 0.938. The van der Waals surface area contributed by atoms with Gasteiger partial charge < -0.3 is 18.9 Å². The quantitative estimate of drug-likeness (QED) is 0.0215. The van der Waals surface area contributed by atoms with Gasteiger partial charge in [0.15, 0.2) is 6.10 Å². The van der Waals surface area contributed by atoms with Crippen molar-refractivity contribution in [1.29, 1.82) is 0 Å². The standard InChI is InChI=1S/C48H96NO7P/c1-6-8-10-12-14-16-18-20-22-24-25-26-27-29-31-33-35-37-39-41-48(50)54-45-47(46-56-57(51,52)55-44-42-49(3,4)5)53-43-40-38-36-34-32-30-28-23-21-19-17-15-13-11-9-7-2/h40,43,47H,6-39,41-42,44-46H2,1-5H3/p+1/b43-40-. The maximum Gasteiger partial charge on any atom is 0.472 e. The minimum Gasteiger partial charge on any atom is -0.492 e. The third-order valence-corrected chi connectivity index (χ3v) is 11.9. The predicted molar refractivity (Wildman–Crippen MR) is 243 cm³/mol. The van der Waals surface area contributed by atoms with Crippen molar-refractivity contribution in [2.24, 2.45) is 0 Å². The number of rotatable bonds is 46. The fourth-order valence-electron chi connectivity index (χ4n) is 7.07. The molecule has 0 saturated heterocycles. The van der Waals surface area contributed by atoms with Gasteiger partial charge in [0.25, 0.3) is 0 Å². The number of phosphoric ester groups is 1. The molecule has 340 valence electrons. The molecule has 0 aromatic rings. The van der Waals surface area contributed by atoms with Gasteiger partial charge in [0.2, 0.25) is 0 Å². The molecule has 0 aromatic carbocycles. The summed E-state index contributed by atoms with van der Waals surface area (Å²) in [6.07, 6.45) is 47.8. The highest BCUT2D eigenvalue weighted by molar-refractivity contribution is 7.47. The van der Waals surface area contributed by atoms with Gasteiger partial charge in [0.1, 0.15) is 19.8 Å². The van der Waals surface area contributed by atoms with Crippen LogP contribution in [-0.4, -0.2) is 69.0 Å². The Morgan fingerprint density at radius 1 is 0.544 bits per heavy atom. The molecule has 0 fully saturated rings. The molecule has 0 aliphatic heterocycles. The highest BCUT2D eigenvalue weighted by atomic mass is 31.2. The Morgan fingerprint density at radius 3 is 1.30 bits per heavy atom. The normalized spacial score (nSPS) is 13.6. The molecule has 0 rings (SSSR count). The number of likely N-dealkylation sites (N-methyl/N-ethyl adjacent to an activating group) is 1. The molecule has 0 amide bonds. The lowest BCUT2D eigenvalue weighted by molar-refractivity contribution is -0.870. The van der Waals surface area contributed by atoms with Crippen LogP contribution in [0.15, 0.2) is 12.3 Å². The van der Waals surface area contributed by atoms with Crippen molar-refractivity contribution in [3.05, 3.63) is 12.3 Å². The van der Waals surface area contributed by atoms with Gasteiger partial charge >= 0.3 is 13.8 Å². The highest BCUT2D eigenvalue weighted by Crippen LogP contribution is 2.43. The van der Waals surface area contributed by atoms with Crippen LogP contribution in [-0.2, 0) is 27.9 Å². The predicted octanol–water partition coefficient (Wildman–Crippen LogP) is 15.0. The van der Waals surface area contributed by atoms with Crippen molar-refractivity contribution in [3.8, 4) is 0 Å². The SMILES string of the molecule is CCCCCCCCCCCCCCCC/C=C\OC(COC(=O)CCCCCCCCCCCCCCCCCCCCC)COP(=O)(O)OCC[N+](C)(C)C. The summed E-state index contributed by atoms with van der Waals surface area (Å²) in [4.78, 5) is 22.7. The van der Waals surface area contributed by atoms with E-state index in [0.29, 0.717) is 17.4 Å². The Kier molecular flexibility index (Phi) is 41.1. The molecular formula is C48H97NO7P+. The minimum atomic E-state index is -4.26. The molecule has 0 aliphatic rings. The van der Waals surface area contributed by atoms with Gasteiger partial charge in [-0.05, 0) is 25.3 Å². The summed E-state index contributed by atoms with van der Waals surface area (Å²) >= 11 is 0. The molecular weight excluding hydrogens is 734 g/mol. The Balaban J connectivity index is 4.16. The summed E-state index contributed by atoms with van der Waals surface area (Å²) in [6, 6.07) is 0. The highest BCUT2D eigenvalue weighted by Gasteiger charge is 2.25. The zero-order valence-corrected chi connectivity index (χ0v) is 39.5. The Labute approximate surface area is 354 Å². The number of nitrogens with zero attached hydrogens (tertiary/aromatic N) is 1. The number of carbonyl (C=O) groups excluding carboxylic acids is 1. The average molecular weight is 831 g/mol. The number of quaternary nitrogens is 1. The average Bonchev–Trinajstić information content (AvgIpc) is 3.17. The van der Waals surface area contributed by atoms with Gasteiger partial charge in [-0.2, -0.15) is 0 Å². The van der Waals surface area contributed by atoms with Gasteiger partial charge in [-0.25, -0.2) is 4.57 Å². The molecule has 0 saturated carbocycles. The second-order valence-electron chi connectivity index (χ2n) is 17.9. The van der Waals surface area contributed by atoms with Crippen LogP contribution in [0.1, 0.15) is 239 Å². The van der Waals surface area contributed by atoms with E-state index < -0.39 is 13.9 Å². The first-order valence-electron chi connectivity index (χ1n) is 24.5. The van der Waals surface area contributed by atoms with Crippen LogP contribution in [0.25, 0.3) is 0 Å². The van der Waals surface area contributed by atoms with Gasteiger partial charge in [0.05, 0.1) is 34.0 Å². The molecule has 0 heterocycles. The number of ether oxygens (including phenoxy) is 2. The molecule has 57 heavy (non-hydrogen) atoms. The van der Waals surface area contributed by atoms with E-state index in [0.717, 1.165) is 32.1 Å². The van der Waals surface area contributed by atoms with Gasteiger partial charge in [0, 0.05) is 6.42 Å². The van der Waals surface area contributed by atoms with Crippen molar-refractivity contribution >= 4 is 13.8 Å². The third kappa shape index (κ3) is 46.0. The first-order valence-corrected chi connectivity index (χ1v) is 26.0. The lowest BCUT2D eigenvalue weighted by Crippen LogP contribution is -2.37. The van der Waals surface area contributed by atoms with E-state index in [1.165, 1.54) is 186 Å². The van der Waals surface area contributed by atoms with Crippen LogP contribution < -0.4 is 0 Å². The Bertz CT molecular complexity index is 925. The third-order valence-electron chi connectivity index (χ3n) is 10.9. The maximum atomic E-state index is 12.5.